The molecule has 2 aromatic rings. The van der Waals surface area contributed by atoms with Crippen molar-refractivity contribution in [3.05, 3.63) is 59.7 Å². The normalized spacial score (nSPS) is 24.9. The van der Waals surface area contributed by atoms with Gasteiger partial charge in [-0.2, -0.15) is 0 Å². The zero-order chi connectivity index (χ0) is 21.6. The summed E-state index contributed by atoms with van der Waals surface area (Å²) < 4.78 is 5.88. The van der Waals surface area contributed by atoms with E-state index < -0.39 is 17.6 Å². The van der Waals surface area contributed by atoms with Gasteiger partial charge in [0.2, 0.25) is 0 Å². The van der Waals surface area contributed by atoms with Crippen molar-refractivity contribution >= 4 is 12.1 Å². The Kier molecular flexibility index (Phi) is 4.97. The Bertz CT molecular complexity index is 973. The Hall–Kier alpha value is -2.86. The molecule has 1 saturated carbocycles. The van der Waals surface area contributed by atoms with Gasteiger partial charge < -0.3 is 15.2 Å². The van der Waals surface area contributed by atoms with Gasteiger partial charge in [0.05, 0.1) is 0 Å². The molecule has 1 saturated heterocycles. The van der Waals surface area contributed by atoms with Gasteiger partial charge in [0.25, 0.3) is 0 Å². The van der Waals surface area contributed by atoms with Crippen LogP contribution in [0.3, 0.4) is 0 Å². The van der Waals surface area contributed by atoms with Crippen molar-refractivity contribution in [3.63, 3.8) is 0 Å². The fraction of sp³-hybridized carbons (Fsp3) is 0.440. The third kappa shape index (κ3) is 3.21. The summed E-state index contributed by atoms with van der Waals surface area (Å²) in [6.07, 6.45) is 1.56. The average Bonchev–Trinajstić information content (AvgIpc) is 3.55. The van der Waals surface area contributed by atoms with Gasteiger partial charge >= 0.3 is 12.1 Å². The summed E-state index contributed by atoms with van der Waals surface area (Å²) in [7, 11) is 0. The standard InChI is InChI=1S/C25H28N2O4/c1-16-14-26-13-12-25(16,23(28)29)27(17-10-11-17)24(30)31-15-22-20-8-4-2-6-18(20)19-7-3-5-9-21(19)22/h2-9,16-17,22,26H,10-15H2,1H3,(H,28,29). The minimum atomic E-state index is -1.21. The number of ether oxygens (including phenoxy) is 1. The number of carboxylic acids is 1. The first-order valence-electron chi connectivity index (χ1n) is 11.1. The largest absolute Gasteiger partial charge is 0.479 e. The summed E-state index contributed by atoms with van der Waals surface area (Å²) in [6.45, 7) is 3.27. The summed E-state index contributed by atoms with van der Waals surface area (Å²) in [4.78, 5) is 27.4. The molecule has 0 bridgehead atoms. The summed E-state index contributed by atoms with van der Waals surface area (Å²) in [5, 5.41) is 13.5. The minimum Gasteiger partial charge on any atom is -0.479 e. The maximum absolute atomic E-state index is 13.4. The second-order valence-corrected chi connectivity index (χ2v) is 8.99. The lowest BCUT2D eigenvalue weighted by Crippen LogP contribution is -2.66. The van der Waals surface area contributed by atoms with Gasteiger partial charge in [0, 0.05) is 24.4 Å². The van der Waals surface area contributed by atoms with Gasteiger partial charge in [-0.15, -0.1) is 0 Å². The van der Waals surface area contributed by atoms with Crippen molar-refractivity contribution in [2.24, 2.45) is 5.92 Å². The van der Waals surface area contributed by atoms with Crippen LogP contribution in [0.4, 0.5) is 4.79 Å². The molecule has 6 nitrogen and oxygen atoms in total. The highest BCUT2D eigenvalue weighted by molar-refractivity contribution is 5.86. The number of nitrogens with zero attached hydrogens (tertiary/aromatic N) is 1. The molecule has 3 aliphatic rings. The molecule has 0 aromatic heterocycles. The molecule has 162 valence electrons. The van der Waals surface area contributed by atoms with Crippen LogP contribution in [-0.2, 0) is 9.53 Å². The van der Waals surface area contributed by atoms with E-state index >= 15 is 0 Å². The van der Waals surface area contributed by atoms with E-state index in [9.17, 15) is 14.7 Å². The summed E-state index contributed by atoms with van der Waals surface area (Å²) in [5.41, 5.74) is 3.43. The first kappa shape index (κ1) is 20.1. The molecular formula is C25H28N2O4. The number of fused-ring (bicyclic) bond motifs is 3. The van der Waals surface area contributed by atoms with E-state index in [1.165, 1.54) is 11.1 Å². The second-order valence-electron chi connectivity index (χ2n) is 8.99. The molecule has 1 amide bonds. The molecule has 1 aliphatic heterocycles. The quantitative estimate of drug-likeness (QED) is 0.768. The molecular weight excluding hydrogens is 392 g/mol. The van der Waals surface area contributed by atoms with E-state index in [0.717, 1.165) is 24.0 Å². The van der Waals surface area contributed by atoms with Crippen molar-refractivity contribution in [1.29, 1.82) is 0 Å². The number of benzene rings is 2. The molecule has 2 aromatic carbocycles. The van der Waals surface area contributed by atoms with Crippen LogP contribution in [0.2, 0.25) is 0 Å². The number of carbonyl (C=O) groups is 2. The Morgan fingerprint density at radius 3 is 2.26 bits per heavy atom. The van der Waals surface area contributed by atoms with Crippen LogP contribution in [0.25, 0.3) is 11.1 Å². The summed E-state index contributed by atoms with van der Waals surface area (Å²) >= 11 is 0. The topological polar surface area (TPSA) is 78.9 Å². The Balaban J connectivity index is 1.41. The van der Waals surface area contributed by atoms with Crippen molar-refractivity contribution < 1.29 is 19.4 Å². The van der Waals surface area contributed by atoms with E-state index in [2.05, 4.69) is 29.6 Å². The molecule has 1 heterocycles. The lowest BCUT2D eigenvalue weighted by atomic mass is 9.78. The van der Waals surface area contributed by atoms with Crippen LogP contribution in [0.5, 0.6) is 0 Å². The zero-order valence-corrected chi connectivity index (χ0v) is 17.7. The second kappa shape index (κ2) is 7.68. The van der Waals surface area contributed by atoms with Crippen molar-refractivity contribution in [2.45, 2.75) is 43.7 Å². The monoisotopic (exact) mass is 420 g/mol. The van der Waals surface area contributed by atoms with Crippen LogP contribution < -0.4 is 5.32 Å². The molecule has 31 heavy (non-hydrogen) atoms. The SMILES string of the molecule is CC1CNCCC1(C(=O)O)N(C(=O)OCC1c2ccccc2-c2ccccc21)C1CC1. The first-order chi connectivity index (χ1) is 15.0. The van der Waals surface area contributed by atoms with Crippen LogP contribution in [0.15, 0.2) is 48.5 Å². The number of aliphatic carboxylic acids is 1. The van der Waals surface area contributed by atoms with Gasteiger partial charge in [-0.3, -0.25) is 4.90 Å². The van der Waals surface area contributed by atoms with Gasteiger partial charge in [-0.25, -0.2) is 9.59 Å². The average molecular weight is 421 g/mol. The van der Waals surface area contributed by atoms with Gasteiger partial charge in [0.15, 0.2) is 0 Å². The number of piperidine rings is 1. The van der Waals surface area contributed by atoms with Crippen LogP contribution in [-0.4, -0.2) is 53.3 Å². The lowest BCUT2D eigenvalue weighted by Gasteiger charge is -2.46. The third-order valence-electron chi connectivity index (χ3n) is 7.19. The van der Waals surface area contributed by atoms with Crippen LogP contribution in [0, 0.1) is 5.92 Å². The maximum atomic E-state index is 13.4. The molecule has 0 radical (unpaired) electrons. The van der Waals surface area contributed by atoms with Crippen molar-refractivity contribution in [2.75, 3.05) is 19.7 Å². The van der Waals surface area contributed by atoms with E-state index in [0.29, 0.717) is 19.5 Å². The zero-order valence-electron chi connectivity index (χ0n) is 17.7. The predicted octanol–water partition coefficient (Wildman–Crippen LogP) is 3.85. The molecule has 2 atom stereocenters. The number of nitrogens with one attached hydrogen (secondary N) is 1. The van der Waals surface area contributed by atoms with E-state index in [1.54, 1.807) is 4.90 Å². The lowest BCUT2D eigenvalue weighted by molar-refractivity contribution is -0.157. The molecule has 2 N–H and O–H groups in total. The number of hydrogen-bond donors (Lipinski definition) is 2. The maximum Gasteiger partial charge on any atom is 0.411 e. The van der Waals surface area contributed by atoms with Crippen molar-refractivity contribution in [3.8, 4) is 11.1 Å². The highest BCUT2D eigenvalue weighted by atomic mass is 16.6. The number of hydrogen-bond acceptors (Lipinski definition) is 4. The smallest absolute Gasteiger partial charge is 0.411 e. The summed E-state index contributed by atoms with van der Waals surface area (Å²) in [5.74, 6) is -1.16. The fourth-order valence-electron chi connectivity index (χ4n) is 5.43. The van der Waals surface area contributed by atoms with Gasteiger partial charge in [-0.1, -0.05) is 55.5 Å². The summed E-state index contributed by atoms with van der Waals surface area (Å²) in [6, 6.07) is 16.4. The van der Waals surface area contributed by atoms with Crippen LogP contribution >= 0.6 is 0 Å². The Morgan fingerprint density at radius 1 is 1.10 bits per heavy atom. The third-order valence-corrected chi connectivity index (χ3v) is 7.19. The molecule has 0 spiro atoms. The number of carboxylic acid groups (broad SMARTS) is 1. The molecule has 2 aliphatic carbocycles. The first-order valence-corrected chi connectivity index (χ1v) is 11.1. The minimum absolute atomic E-state index is 0.0383. The van der Waals surface area contributed by atoms with Gasteiger partial charge in [-0.05, 0) is 48.1 Å². The fourth-order valence-corrected chi connectivity index (χ4v) is 5.43. The van der Waals surface area contributed by atoms with E-state index in [4.69, 9.17) is 4.74 Å². The highest BCUT2D eigenvalue weighted by Crippen LogP contribution is 2.45. The number of amides is 1. The van der Waals surface area contributed by atoms with E-state index in [1.807, 2.05) is 31.2 Å². The Labute approximate surface area is 182 Å². The molecule has 5 rings (SSSR count). The van der Waals surface area contributed by atoms with E-state index in [-0.39, 0.29) is 24.5 Å². The number of rotatable bonds is 5. The van der Waals surface area contributed by atoms with Crippen molar-refractivity contribution in [1.82, 2.24) is 10.2 Å². The van der Waals surface area contributed by atoms with Crippen LogP contribution in [0.1, 0.15) is 43.2 Å². The predicted molar refractivity (Wildman–Crippen MR) is 117 cm³/mol. The highest BCUT2D eigenvalue weighted by Gasteiger charge is 2.56. The molecule has 6 heteroatoms. The van der Waals surface area contributed by atoms with Gasteiger partial charge in [0.1, 0.15) is 12.1 Å². The molecule has 2 unspecified atom stereocenters. The molecule has 2 fully saturated rings. The number of carbonyl (C=O) groups excluding carboxylic acids is 1. The Morgan fingerprint density at radius 2 is 1.71 bits per heavy atom.